The highest BCUT2D eigenvalue weighted by Crippen LogP contribution is 2.22. The predicted molar refractivity (Wildman–Crippen MR) is 158 cm³/mol. The molecule has 39 heavy (non-hydrogen) atoms. The molecule has 0 saturated heterocycles. The van der Waals surface area contributed by atoms with Crippen molar-refractivity contribution in [2.24, 2.45) is 0 Å². The molecule has 198 valence electrons. The fourth-order valence-electron chi connectivity index (χ4n) is 4.65. The molecular formula is C33H32ClN3O2. The average molecular weight is 538 g/mol. The third kappa shape index (κ3) is 6.87. The Bertz CT molecular complexity index is 1550. The average Bonchev–Trinajstić information content (AvgIpc) is 3.32. The third-order valence-corrected chi connectivity index (χ3v) is 7.20. The summed E-state index contributed by atoms with van der Waals surface area (Å²) in [5.41, 5.74) is 6.31. The number of fused-ring (bicyclic) bond motifs is 1. The molecule has 0 aliphatic carbocycles. The summed E-state index contributed by atoms with van der Waals surface area (Å²) in [6.07, 6.45) is 2.16. The van der Waals surface area contributed by atoms with E-state index in [1.807, 2.05) is 73.7 Å². The number of imidazole rings is 1. The Morgan fingerprint density at radius 1 is 0.897 bits per heavy atom. The molecule has 5 aromatic rings. The lowest BCUT2D eigenvalue weighted by molar-refractivity contribution is -0.120. The smallest absolute Gasteiger partial charge is 0.224 e. The highest BCUT2D eigenvalue weighted by Gasteiger charge is 2.12. The molecule has 0 spiro atoms. The first-order chi connectivity index (χ1) is 19.1. The van der Waals surface area contributed by atoms with Crippen LogP contribution in [0.15, 0.2) is 97.1 Å². The van der Waals surface area contributed by atoms with E-state index in [2.05, 4.69) is 40.2 Å². The van der Waals surface area contributed by atoms with Crippen molar-refractivity contribution < 1.29 is 9.53 Å². The lowest BCUT2D eigenvalue weighted by Gasteiger charge is -2.11. The molecule has 5 rings (SSSR count). The van der Waals surface area contributed by atoms with Crippen LogP contribution >= 0.6 is 11.6 Å². The second kappa shape index (κ2) is 12.6. The monoisotopic (exact) mass is 537 g/mol. The van der Waals surface area contributed by atoms with Crippen molar-refractivity contribution in [3.63, 3.8) is 0 Å². The topological polar surface area (TPSA) is 56.1 Å². The van der Waals surface area contributed by atoms with Gasteiger partial charge >= 0.3 is 0 Å². The van der Waals surface area contributed by atoms with E-state index < -0.39 is 0 Å². The van der Waals surface area contributed by atoms with Gasteiger partial charge in [0.25, 0.3) is 0 Å². The molecule has 1 amide bonds. The first kappa shape index (κ1) is 26.5. The van der Waals surface area contributed by atoms with Gasteiger partial charge in [-0.2, -0.15) is 0 Å². The van der Waals surface area contributed by atoms with Gasteiger partial charge in [-0.3, -0.25) is 4.79 Å². The number of nitrogens with one attached hydrogen (secondary N) is 1. The van der Waals surface area contributed by atoms with E-state index in [9.17, 15) is 4.79 Å². The lowest BCUT2D eigenvalue weighted by Crippen LogP contribution is -2.26. The number of hydrogen-bond acceptors (Lipinski definition) is 3. The molecule has 0 saturated carbocycles. The molecule has 4 aromatic carbocycles. The van der Waals surface area contributed by atoms with Crippen LogP contribution in [0.5, 0.6) is 5.75 Å². The standard InChI is InChI=1S/C33H32ClN3O2/c1-24-21-28(17-18-29(24)34)39-20-8-7-19-37-31-12-6-5-11-30(31)36-32(37)23-35-33(38)22-25-13-15-27(16-14-25)26-9-3-2-4-10-26/h2-6,9-18,21H,7-8,19-20,22-23H2,1H3,(H,35,38). The lowest BCUT2D eigenvalue weighted by atomic mass is 10.0. The molecule has 1 heterocycles. The number of para-hydroxylation sites is 2. The number of ether oxygens (including phenoxy) is 1. The minimum absolute atomic E-state index is 0.0206. The fourth-order valence-corrected chi connectivity index (χ4v) is 4.77. The van der Waals surface area contributed by atoms with Gasteiger partial charge in [0, 0.05) is 11.6 Å². The van der Waals surface area contributed by atoms with Gasteiger partial charge in [0.15, 0.2) is 0 Å². The van der Waals surface area contributed by atoms with Crippen molar-refractivity contribution in [1.82, 2.24) is 14.9 Å². The summed E-state index contributed by atoms with van der Waals surface area (Å²) in [6.45, 7) is 3.79. The molecule has 0 aliphatic heterocycles. The van der Waals surface area contributed by atoms with Crippen LogP contribution in [0.3, 0.4) is 0 Å². The van der Waals surface area contributed by atoms with Crippen LogP contribution in [0, 0.1) is 6.92 Å². The first-order valence-corrected chi connectivity index (χ1v) is 13.7. The van der Waals surface area contributed by atoms with Gasteiger partial charge in [-0.05, 0) is 72.4 Å². The number of rotatable bonds is 11. The highest BCUT2D eigenvalue weighted by molar-refractivity contribution is 6.31. The molecule has 0 fully saturated rings. The van der Waals surface area contributed by atoms with E-state index >= 15 is 0 Å². The number of nitrogens with zero attached hydrogens (tertiary/aromatic N) is 2. The van der Waals surface area contributed by atoms with Gasteiger partial charge in [-0.15, -0.1) is 0 Å². The molecular weight excluding hydrogens is 506 g/mol. The number of amides is 1. The van der Waals surface area contributed by atoms with E-state index in [1.54, 1.807) is 0 Å². The minimum Gasteiger partial charge on any atom is -0.494 e. The van der Waals surface area contributed by atoms with Gasteiger partial charge in [0.1, 0.15) is 11.6 Å². The van der Waals surface area contributed by atoms with Crippen LogP contribution in [-0.2, 0) is 24.3 Å². The van der Waals surface area contributed by atoms with Crippen LogP contribution in [0.25, 0.3) is 22.2 Å². The Hall–Kier alpha value is -4.09. The normalized spacial score (nSPS) is 11.0. The molecule has 0 bridgehead atoms. The molecule has 6 heteroatoms. The third-order valence-electron chi connectivity index (χ3n) is 6.78. The van der Waals surface area contributed by atoms with Crippen molar-refractivity contribution in [3.8, 4) is 16.9 Å². The molecule has 0 atom stereocenters. The van der Waals surface area contributed by atoms with Crippen LogP contribution in [0.4, 0.5) is 0 Å². The Morgan fingerprint density at radius 3 is 2.44 bits per heavy atom. The fraction of sp³-hybridized carbons (Fsp3) is 0.212. The van der Waals surface area contributed by atoms with Crippen molar-refractivity contribution in [2.75, 3.05) is 6.61 Å². The SMILES string of the molecule is Cc1cc(OCCCCn2c(CNC(=O)Cc3ccc(-c4ccccc4)cc3)nc3ccccc32)ccc1Cl. The Labute approximate surface area is 234 Å². The highest BCUT2D eigenvalue weighted by atomic mass is 35.5. The number of carbonyl (C=O) groups excluding carboxylic acids is 1. The van der Waals surface area contributed by atoms with Crippen molar-refractivity contribution >= 4 is 28.5 Å². The van der Waals surface area contributed by atoms with Gasteiger partial charge in [0.05, 0.1) is 30.6 Å². The number of unbranched alkanes of at least 4 members (excludes halogenated alkanes) is 1. The number of hydrogen-bond donors (Lipinski definition) is 1. The van der Waals surface area contributed by atoms with Crippen molar-refractivity contribution in [3.05, 3.63) is 119 Å². The summed E-state index contributed by atoms with van der Waals surface area (Å²) < 4.78 is 8.11. The van der Waals surface area contributed by atoms with Gasteiger partial charge < -0.3 is 14.6 Å². The number of aryl methyl sites for hydroxylation is 2. The van der Waals surface area contributed by atoms with Crippen LogP contribution in [-0.4, -0.2) is 22.1 Å². The Kier molecular flexibility index (Phi) is 8.59. The molecule has 0 aliphatic rings. The van der Waals surface area contributed by atoms with Crippen molar-refractivity contribution in [1.29, 1.82) is 0 Å². The summed E-state index contributed by atoms with van der Waals surface area (Å²) in [7, 11) is 0. The summed E-state index contributed by atoms with van der Waals surface area (Å²) in [6, 6.07) is 32.2. The maximum atomic E-state index is 12.8. The number of aromatic nitrogens is 2. The number of benzene rings is 4. The first-order valence-electron chi connectivity index (χ1n) is 13.3. The molecule has 1 N–H and O–H groups in total. The van der Waals surface area contributed by atoms with E-state index in [0.717, 1.165) is 63.7 Å². The summed E-state index contributed by atoms with van der Waals surface area (Å²) in [5.74, 6) is 1.68. The predicted octanol–water partition coefficient (Wildman–Crippen LogP) is 7.38. The zero-order chi connectivity index (χ0) is 27.0. The quantitative estimate of drug-likeness (QED) is 0.179. The largest absolute Gasteiger partial charge is 0.494 e. The number of halogens is 1. The van der Waals surface area contributed by atoms with Gasteiger partial charge in [0.2, 0.25) is 5.91 Å². The van der Waals surface area contributed by atoms with Crippen LogP contribution in [0.1, 0.15) is 29.8 Å². The second-order valence-corrected chi connectivity index (χ2v) is 10.1. The van der Waals surface area contributed by atoms with Gasteiger partial charge in [-0.25, -0.2) is 4.98 Å². The van der Waals surface area contributed by atoms with E-state index in [1.165, 1.54) is 5.56 Å². The molecule has 5 nitrogen and oxygen atoms in total. The zero-order valence-corrected chi connectivity index (χ0v) is 22.8. The summed E-state index contributed by atoms with van der Waals surface area (Å²) in [5, 5.41) is 3.82. The van der Waals surface area contributed by atoms with Crippen molar-refractivity contribution in [2.45, 2.75) is 39.3 Å². The second-order valence-electron chi connectivity index (χ2n) is 9.65. The maximum Gasteiger partial charge on any atom is 0.224 e. The summed E-state index contributed by atoms with van der Waals surface area (Å²) >= 11 is 6.11. The van der Waals surface area contributed by atoms with Crippen LogP contribution in [0.2, 0.25) is 5.02 Å². The molecule has 0 radical (unpaired) electrons. The Morgan fingerprint density at radius 2 is 1.64 bits per heavy atom. The van der Waals surface area contributed by atoms with E-state index in [0.29, 0.717) is 19.6 Å². The minimum atomic E-state index is -0.0206. The van der Waals surface area contributed by atoms with Crippen LogP contribution < -0.4 is 10.1 Å². The maximum absolute atomic E-state index is 12.8. The molecule has 0 unspecified atom stereocenters. The summed E-state index contributed by atoms with van der Waals surface area (Å²) in [4.78, 5) is 17.6. The van der Waals surface area contributed by atoms with Gasteiger partial charge in [-0.1, -0.05) is 78.3 Å². The van der Waals surface area contributed by atoms with E-state index in [4.69, 9.17) is 21.3 Å². The molecule has 1 aromatic heterocycles. The Balaban J connectivity index is 1.16. The van der Waals surface area contributed by atoms with E-state index in [-0.39, 0.29) is 5.91 Å². The number of carbonyl (C=O) groups is 1. The zero-order valence-electron chi connectivity index (χ0n) is 22.1.